The molecule has 2 unspecified atom stereocenters. The zero-order valence-corrected chi connectivity index (χ0v) is 16.7. The summed E-state index contributed by atoms with van der Waals surface area (Å²) < 4.78 is 0. The van der Waals surface area contributed by atoms with Gasteiger partial charge in [-0.25, -0.2) is 0 Å². The van der Waals surface area contributed by atoms with Crippen molar-refractivity contribution in [1.82, 2.24) is 4.98 Å². The maximum Gasteiger partial charge on any atom is 0.0371 e. The topological polar surface area (TPSA) is 50.9 Å². The fraction of sp³-hybridized carbons (Fsp3) is 0.500. The molecule has 3 rings (SSSR count). The molecule has 1 aromatic heterocycles. The molecule has 1 aromatic carbocycles. The lowest BCUT2D eigenvalue weighted by Gasteiger charge is -2.06. The molecule has 1 fully saturated rings. The average Bonchev–Trinajstić information content (AvgIpc) is 3.24. The molecule has 1 saturated carbocycles. The first kappa shape index (κ1) is 21.2. The predicted octanol–water partition coefficient (Wildman–Crippen LogP) is 5.44. The van der Waals surface area contributed by atoms with Gasteiger partial charge >= 0.3 is 0 Å². The Balaban J connectivity index is 0.000000730. The summed E-state index contributed by atoms with van der Waals surface area (Å²) in [6.45, 7) is 14.3. The molecule has 3 heteroatoms. The second-order valence-corrected chi connectivity index (χ2v) is 6.47. The summed E-state index contributed by atoms with van der Waals surface area (Å²) in [4.78, 5) is 4.05. The number of pyridine rings is 1. The molecule has 138 valence electrons. The van der Waals surface area contributed by atoms with Crippen LogP contribution in [0.25, 0.3) is 0 Å². The van der Waals surface area contributed by atoms with Crippen LogP contribution in [0.4, 0.5) is 5.69 Å². The van der Waals surface area contributed by atoms with E-state index in [1.165, 1.54) is 11.1 Å². The molecule has 2 atom stereocenters. The van der Waals surface area contributed by atoms with Crippen LogP contribution in [-0.4, -0.2) is 11.5 Å². The first-order valence-electron chi connectivity index (χ1n) is 9.55. The van der Waals surface area contributed by atoms with Gasteiger partial charge in [0.05, 0.1) is 0 Å². The van der Waals surface area contributed by atoms with Crippen LogP contribution in [-0.2, 0) is 6.54 Å². The standard InChI is InChI=1S/C18H23N3.2C2H6/c1-18(2)16(12-21-15-7-9-20-10-8-15)17(18)14-5-3-13(11-19)4-6-14;2*1-2/h3-10,16-17H,11-12,19H2,1-2H3,(H,20,21);2*1-2H3. The van der Waals surface area contributed by atoms with E-state index < -0.39 is 0 Å². The third kappa shape index (κ3) is 5.30. The van der Waals surface area contributed by atoms with Crippen molar-refractivity contribution in [2.24, 2.45) is 17.1 Å². The zero-order valence-electron chi connectivity index (χ0n) is 16.7. The van der Waals surface area contributed by atoms with Gasteiger partial charge in [0, 0.05) is 31.2 Å². The van der Waals surface area contributed by atoms with E-state index in [-0.39, 0.29) is 0 Å². The van der Waals surface area contributed by atoms with Crippen LogP contribution in [0.15, 0.2) is 48.8 Å². The van der Waals surface area contributed by atoms with E-state index in [4.69, 9.17) is 5.73 Å². The Hall–Kier alpha value is -1.87. The molecule has 3 nitrogen and oxygen atoms in total. The largest absolute Gasteiger partial charge is 0.385 e. The quantitative estimate of drug-likeness (QED) is 0.761. The minimum atomic E-state index is 0.351. The second kappa shape index (κ2) is 10.2. The molecule has 25 heavy (non-hydrogen) atoms. The Kier molecular flexibility index (Phi) is 8.64. The van der Waals surface area contributed by atoms with Gasteiger partial charge in [-0.3, -0.25) is 4.98 Å². The van der Waals surface area contributed by atoms with Gasteiger partial charge < -0.3 is 11.1 Å². The summed E-state index contributed by atoms with van der Waals surface area (Å²) in [5, 5.41) is 3.52. The molecule has 1 heterocycles. The highest BCUT2D eigenvalue weighted by atomic mass is 14.9. The summed E-state index contributed by atoms with van der Waals surface area (Å²) >= 11 is 0. The van der Waals surface area contributed by atoms with Crippen molar-refractivity contribution in [3.8, 4) is 0 Å². The third-order valence-corrected chi connectivity index (χ3v) is 4.83. The van der Waals surface area contributed by atoms with Crippen molar-refractivity contribution in [1.29, 1.82) is 0 Å². The van der Waals surface area contributed by atoms with Gasteiger partial charge in [0.15, 0.2) is 0 Å². The number of hydrogen-bond acceptors (Lipinski definition) is 3. The summed E-state index contributed by atoms with van der Waals surface area (Å²) in [5.74, 6) is 1.29. The summed E-state index contributed by atoms with van der Waals surface area (Å²) in [6.07, 6.45) is 3.65. The van der Waals surface area contributed by atoms with E-state index in [2.05, 4.69) is 48.4 Å². The second-order valence-electron chi connectivity index (χ2n) is 6.47. The predicted molar refractivity (Wildman–Crippen MR) is 110 cm³/mol. The van der Waals surface area contributed by atoms with Gasteiger partial charge in [-0.1, -0.05) is 65.8 Å². The number of rotatable bonds is 5. The third-order valence-electron chi connectivity index (χ3n) is 4.83. The maximum absolute atomic E-state index is 5.67. The van der Waals surface area contributed by atoms with Crippen LogP contribution in [0.1, 0.15) is 58.6 Å². The van der Waals surface area contributed by atoms with Crippen LogP contribution in [0.5, 0.6) is 0 Å². The van der Waals surface area contributed by atoms with Crippen molar-refractivity contribution in [3.63, 3.8) is 0 Å². The Labute approximate surface area is 154 Å². The Morgan fingerprint density at radius 2 is 1.52 bits per heavy atom. The molecular weight excluding hydrogens is 306 g/mol. The van der Waals surface area contributed by atoms with Crippen LogP contribution in [0.3, 0.4) is 0 Å². The number of nitrogens with one attached hydrogen (secondary N) is 1. The summed E-state index contributed by atoms with van der Waals surface area (Å²) in [5.41, 5.74) is 9.79. The number of hydrogen-bond donors (Lipinski definition) is 2. The highest BCUT2D eigenvalue weighted by Gasteiger charge is 2.57. The van der Waals surface area contributed by atoms with Gasteiger partial charge in [0.25, 0.3) is 0 Å². The van der Waals surface area contributed by atoms with E-state index in [1.54, 1.807) is 0 Å². The zero-order chi connectivity index (χ0) is 18.9. The van der Waals surface area contributed by atoms with Gasteiger partial charge in [0.2, 0.25) is 0 Å². The van der Waals surface area contributed by atoms with E-state index in [0.29, 0.717) is 23.8 Å². The Morgan fingerprint density at radius 1 is 0.960 bits per heavy atom. The molecular formula is C22H35N3. The molecule has 0 aliphatic heterocycles. The van der Waals surface area contributed by atoms with Crippen molar-refractivity contribution in [2.45, 2.75) is 54.0 Å². The average molecular weight is 342 g/mol. The lowest BCUT2D eigenvalue weighted by molar-refractivity contribution is 0.565. The SMILES string of the molecule is CC.CC.CC1(C)C(CNc2ccncc2)C1c1ccc(CN)cc1. The molecule has 0 spiro atoms. The molecule has 1 aliphatic carbocycles. The molecule has 0 bridgehead atoms. The van der Waals surface area contributed by atoms with Gasteiger partial charge in [-0.05, 0) is 40.5 Å². The smallest absolute Gasteiger partial charge is 0.0371 e. The van der Waals surface area contributed by atoms with Crippen molar-refractivity contribution < 1.29 is 0 Å². The normalized spacial score (nSPS) is 19.6. The lowest BCUT2D eigenvalue weighted by Crippen LogP contribution is -2.07. The van der Waals surface area contributed by atoms with E-state index in [0.717, 1.165) is 12.2 Å². The van der Waals surface area contributed by atoms with Crippen LogP contribution >= 0.6 is 0 Å². The monoisotopic (exact) mass is 341 g/mol. The minimum Gasteiger partial charge on any atom is -0.385 e. The van der Waals surface area contributed by atoms with E-state index >= 15 is 0 Å². The molecule has 0 amide bonds. The summed E-state index contributed by atoms with van der Waals surface area (Å²) in [6, 6.07) is 12.8. The van der Waals surface area contributed by atoms with Crippen LogP contribution < -0.4 is 11.1 Å². The number of anilines is 1. The van der Waals surface area contributed by atoms with Gasteiger partial charge in [0.1, 0.15) is 0 Å². The number of aromatic nitrogens is 1. The fourth-order valence-corrected chi connectivity index (χ4v) is 3.35. The Bertz CT molecular complexity index is 590. The van der Waals surface area contributed by atoms with Crippen molar-refractivity contribution in [3.05, 3.63) is 59.9 Å². The number of benzene rings is 1. The fourth-order valence-electron chi connectivity index (χ4n) is 3.35. The van der Waals surface area contributed by atoms with E-state index in [9.17, 15) is 0 Å². The highest BCUT2D eigenvalue weighted by molar-refractivity contribution is 5.42. The minimum absolute atomic E-state index is 0.351. The molecule has 3 N–H and O–H groups in total. The first-order chi connectivity index (χ1) is 12.1. The van der Waals surface area contributed by atoms with Crippen molar-refractivity contribution in [2.75, 3.05) is 11.9 Å². The summed E-state index contributed by atoms with van der Waals surface area (Å²) in [7, 11) is 0. The van der Waals surface area contributed by atoms with Gasteiger partial charge in [-0.15, -0.1) is 0 Å². The van der Waals surface area contributed by atoms with E-state index in [1.807, 2.05) is 52.2 Å². The molecule has 0 saturated heterocycles. The van der Waals surface area contributed by atoms with Gasteiger partial charge in [-0.2, -0.15) is 0 Å². The highest BCUT2D eigenvalue weighted by Crippen LogP contribution is 2.64. The van der Waals surface area contributed by atoms with Crippen molar-refractivity contribution >= 4 is 5.69 Å². The lowest BCUT2D eigenvalue weighted by atomic mass is 10.0. The molecule has 0 radical (unpaired) electrons. The van der Waals surface area contributed by atoms with Crippen LogP contribution in [0.2, 0.25) is 0 Å². The molecule has 1 aliphatic rings. The first-order valence-corrected chi connectivity index (χ1v) is 9.55. The number of nitrogens with zero attached hydrogens (tertiary/aromatic N) is 1. The Morgan fingerprint density at radius 3 is 2.04 bits per heavy atom. The van der Waals surface area contributed by atoms with Crippen LogP contribution in [0, 0.1) is 11.3 Å². The number of nitrogens with two attached hydrogens (primary N) is 1. The molecule has 2 aromatic rings. The maximum atomic E-state index is 5.67.